The van der Waals surface area contributed by atoms with Crippen LogP contribution in [0.3, 0.4) is 0 Å². The molecule has 2 aromatic rings. The second-order valence-corrected chi connectivity index (χ2v) is 8.31. The molecule has 0 spiro atoms. The van der Waals surface area contributed by atoms with E-state index in [0.717, 1.165) is 42.5 Å². The van der Waals surface area contributed by atoms with Crippen molar-refractivity contribution in [3.05, 3.63) is 22.4 Å². The fraction of sp³-hybridized carbons (Fsp3) is 0.444. The lowest BCUT2D eigenvalue weighted by Gasteiger charge is -2.25. The maximum atomic E-state index is 6.22. The molecule has 2 aliphatic rings. The van der Waals surface area contributed by atoms with Crippen molar-refractivity contribution in [3.8, 4) is 32.8 Å². The smallest absolute Gasteiger partial charge is 0.181 e. The van der Waals surface area contributed by atoms with Gasteiger partial charge in [0.15, 0.2) is 29.1 Å². The van der Waals surface area contributed by atoms with Crippen LogP contribution in [0.4, 0.5) is 0 Å². The molecule has 4 rings (SSSR count). The summed E-state index contributed by atoms with van der Waals surface area (Å²) in [5, 5.41) is 0. The molecule has 1 atom stereocenters. The molecule has 25 heavy (non-hydrogen) atoms. The van der Waals surface area contributed by atoms with Crippen LogP contribution in [-0.4, -0.2) is 39.1 Å². The van der Waals surface area contributed by atoms with Crippen molar-refractivity contribution >= 4 is 22.7 Å². The molecule has 0 saturated heterocycles. The molecule has 0 bridgehead atoms. The Morgan fingerprint density at radius 1 is 1.00 bits per heavy atom. The summed E-state index contributed by atoms with van der Waals surface area (Å²) >= 11 is 3.34. The number of aryl methyl sites for hydroxylation is 2. The third-order valence-corrected chi connectivity index (χ3v) is 6.29. The number of ether oxygens (including phenoxy) is 5. The predicted molar refractivity (Wildman–Crippen MR) is 99.0 cm³/mol. The molecule has 2 aromatic heterocycles. The fourth-order valence-electron chi connectivity index (χ4n) is 2.92. The Bertz CT molecular complexity index is 792. The molecular weight excluding hydrogens is 360 g/mol. The first kappa shape index (κ1) is 16.8. The predicted octanol–water partition coefficient (Wildman–Crippen LogP) is 4.21. The third kappa shape index (κ3) is 3.01. The van der Waals surface area contributed by atoms with Gasteiger partial charge in [-0.3, -0.25) is 0 Å². The highest BCUT2D eigenvalue weighted by Gasteiger charge is 2.33. The van der Waals surface area contributed by atoms with Gasteiger partial charge in [-0.1, -0.05) is 6.08 Å². The average Bonchev–Trinajstić information content (AvgIpc) is 3.13. The van der Waals surface area contributed by atoms with E-state index in [4.69, 9.17) is 23.7 Å². The molecule has 5 nitrogen and oxygen atoms in total. The highest BCUT2D eigenvalue weighted by molar-refractivity contribution is 7.23. The van der Waals surface area contributed by atoms with Gasteiger partial charge in [-0.15, -0.1) is 29.3 Å². The van der Waals surface area contributed by atoms with Gasteiger partial charge in [-0.05, 0) is 13.8 Å². The van der Waals surface area contributed by atoms with E-state index in [2.05, 4.69) is 20.4 Å². The summed E-state index contributed by atoms with van der Waals surface area (Å²) in [6.07, 6.45) is 1.60. The minimum Gasteiger partial charge on any atom is -0.485 e. The van der Waals surface area contributed by atoms with Crippen LogP contribution in [0, 0.1) is 13.8 Å². The highest BCUT2D eigenvalue weighted by atomic mass is 32.1. The van der Waals surface area contributed by atoms with Gasteiger partial charge in [-0.25, -0.2) is 0 Å². The molecule has 1 unspecified atom stereocenters. The number of hydrogen-bond donors (Lipinski definition) is 0. The first-order valence-corrected chi connectivity index (χ1v) is 9.83. The number of fused-ring (bicyclic) bond motifs is 2. The quantitative estimate of drug-likeness (QED) is 0.574. The van der Waals surface area contributed by atoms with Crippen molar-refractivity contribution in [3.63, 3.8) is 0 Å². The van der Waals surface area contributed by atoms with Gasteiger partial charge in [0.2, 0.25) is 0 Å². The van der Waals surface area contributed by atoms with Crippen LogP contribution in [-0.2, 0) is 4.74 Å². The van der Waals surface area contributed by atoms with Crippen LogP contribution in [0.15, 0.2) is 12.7 Å². The molecule has 0 radical (unpaired) electrons. The van der Waals surface area contributed by atoms with Crippen molar-refractivity contribution in [1.82, 2.24) is 0 Å². The van der Waals surface area contributed by atoms with E-state index < -0.39 is 0 Å². The number of thiophene rings is 2. The topological polar surface area (TPSA) is 46.2 Å². The lowest BCUT2D eigenvalue weighted by molar-refractivity contribution is 0.0180. The lowest BCUT2D eigenvalue weighted by atomic mass is 10.2. The Morgan fingerprint density at radius 2 is 1.64 bits per heavy atom. The van der Waals surface area contributed by atoms with E-state index in [9.17, 15) is 0 Å². The molecule has 0 fully saturated rings. The van der Waals surface area contributed by atoms with E-state index in [0.29, 0.717) is 33.0 Å². The van der Waals surface area contributed by atoms with Crippen LogP contribution in [0.2, 0.25) is 0 Å². The maximum Gasteiger partial charge on any atom is 0.181 e. The average molecular weight is 380 g/mol. The van der Waals surface area contributed by atoms with E-state index in [1.807, 2.05) is 0 Å². The molecule has 134 valence electrons. The third-order valence-electron chi connectivity index (χ3n) is 3.99. The molecule has 0 saturated carbocycles. The summed E-state index contributed by atoms with van der Waals surface area (Å²) in [6, 6.07) is 0. The second kappa shape index (κ2) is 6.90. The van der Waals surface area contributed by atoms with Crippen LogP contribution < -0.4 is 18.9 Å². The first-order chi connectivity index (χ1) is 12.2. The Balaban J connectivity index is 1.68. The van der Waals surface area contributed by atoms with E-state index >= 15 is 0 Å². The molecule has 0 amide bonds. The summed E-state index contributed by atoms with van der Waals surface area (Å²) in [5.74, 6) is 3.30. The molecule has 0 aliphatic carbocycles. The normalized spacial score (nSPS) is 18.2. The van der Waals surface area contributed by atoms with Crippen LogP contribution in [0.5, 0.6) is 23.0 Å². The number of hydrogen-bond acceptors (Lipinski definition) is 7. The van der Waals surface area contributed by atoms with Crippen molar-refractivity contribution in [2.75, 3.05) is 33.0 Å². The minimum absolute atomic E-state index is 0.130. The van der Waals surface area contributed by atoms with Gasteiger partial charge >= 0.3 is 0 Å². The summed E-state index contributed by atoms with van der Waals surface area (Å²) < 4.78 is 29.4. The van der Waals surface area contributed by atoms with Gasteiger partial charge in [-0.2, -0.15) is 0 Å². The second-order valence-electron chi connectivity index (χ2n) is 5.87. The van der Waals surface area contributed by atoms with E-state index in [1.165, 1.54) is 0 Å². The monoisotopic (exact) mass is 380 g/mol. The Labute approximate surface area is 154 Å². The Hall–Kier alpha value is -1.70. The summed E-state index contributed by atoms with van der Waals surface area (Å²) in [6.45, 7) is 10.4. The summed E-state index contributed by atoms with van der Waals surface area (Å²) in [4.78, 5) is 4.32. The molecular formula is C18H20O5S2. The van der Waals surface area contributed by atoms with Crippen molar-refractivity contribution in [1.29, 1.82) is 0 Å². The van der Waals surface area contributed by atoms with Crippen molar-refractivity contribution in [2.45, 2.75) is 20.0 Å². The largest absolute Gasteiger partial charge is 0.485 e. The zero-order valence-corrected chi connectivity index (χ0v) is 15.9. The molecule has 0 aromatic carbocycles. The van der Waals surface area contributed by atoms with E-state index in [1.54, 1.807) is 28.7 Å². The fourth-order valence-corrected chi connectivity index (χ4v) is 5.12. The van der Waals surface area contributed by atoms with Gasteiger partial charge in [0.25, 0.3) is 0 Å². The molecule has 2 aliphatic heterocycles. The molecule has 7 heteroatoms. The van der Waals surface area contributed by atoms with Gasteiger partial charge in [0.1, 0.15) is 19.8 Å². The zero-order valence-electron chi connectivity index (χ0n) is 14.3. The van der Waals surface area contributed by atoms with Crippen molar-refractivity contribution < 1.29 is 23.7 Å². The highest BCUT2D eigenvalue weighted by Crippen LogP contribution is 2.57. The summed E-state index contributed by atoms with van der Waals surface area (Å²) in [7, 11) is 0. The Kier molecular flexibility index (Phi) is 4.62. The van der Waals surface area contributed by atoms with Gasteiger partial charge in [0.05, 0.1) is 23.0 Å². The summed E-state index contributed by atoms with van der Waals surface area (Å²) in [5.41, 5.74) is 0. The SMILES string of the molecule is C=CCOCC1COc2c(C)sc(-c3sc(C)c4c3OCCO4)c2O1. The molecule has 0 N–H and O–H groups in total. The van der Waals surface area contributed by atoms with Crippen molar-refractivity contribution in [2.24, 2.45) is 0 Å². The first-order valence-electron chi connectivity index (χ1n) is 8.20. The lowest BCUT2D eigenvalue weighted by Crippen LogP contribution is -2.33. The van der Waals surface area contributed by atoms with E-state index in [-0.39, 0.29) is 6.10 Å². The standard InChI is InChI=1S/C18H20O5S2/c1-4-5-19-8-12-9-22-14-11(3)25-18(16(14)23-12)17-15-13(10(2)24-17)20-6-7-21-15/h4,12H,1,5-9H2,2-3H3. The van der Waals surface area contributed by atoms with Gasteiger partial charge in [0, 0.05) is 9.75 Å². The van der Waals surface area contributed by atoms with Crippen LogP contribution in [0.25, 0.3) is 9.75 Å². The minimum atomic E-state index is -0.130. The zero-order chi connectivity index (χ0) is 17.4. The van der Waals surface area contributed by atoms with Crippen LogP contribution in [0.1, 0.15) is 9.75 Å². The van der Waals surface area contributed by atoms with Crippen LogP contribution >= 0.6 is 22.7 Å². The molecule has 4 heterocycles. The van der Waals surface area contributed by atoms with Gasteiger partial charge < -0.3 is 23.7 Å². The maximum absolute atomic E-state index is 6.22. The Morgan fingerprint density at radius 3 is 2.36 bits per heavy atom. The number of rotatable bonds is 5.